The van der Waals surface area contributed by atoms with Gasteiger partial charge in [0.15, 0.2) is 0 Å². The molecule has 0 saturated carbocycles. The molecule has 13 heavy (non-hydrogen) atoms. The monoisotopic (exact) mass is 239 g/mol. The normalized spacial score (nSPS) is 10.5. The zero-order chi connectivity index (χ0) is 9.42. The van der Waals surface area contributed by atoms with Gasteiger partial charge in [-0.3, -0.25) is 0 Å². The van der Waals surface area contributed by atoms with E-state index >= 15 is 0 Å². The number of hydrogen-bond acceptors (Lipinski definition) is 3. The molecule has 1 aromatic heterocycles. The Morgan fingerprint density at radius 1 is 1.31 bits per heavy atom. The summed E-state index contributed by atoms with van der Waals surface area (Å²) >= 11 is 3.23. The van der Waals surface area contributed by atoms with Crippen molar-refractivity contribution < 1.29 is 9.52 Å². The summed E-state index contributed by atoms with van der Waals surface area (Å²) < 4.78 is 5.60. The lowest BCUT2D eigenvalue weighted by molar-refractivity contribution is -0.266. The fourth-order valence-corrected chi connectivity index (χ4v) is 1.47. The van der Waals surface area contributed by atoms with Crippen molar-refractivity contribution in [2.24, 2.45) is 0 Å². The van der Waals surface area contributed by atoms with E-state index in [1.165, 1.54) is 0 Å². The second kappa shape index (κ2) is 2.88. The number of fused-ring (bicyclic) bond motifs is 1. The molecule has 0 spiro atoms. The smallest absolute Gasteiger partial charge is 0.335 e. The first-order chi connectivity index (χ1) is 6.16. The van der Waals surface area contributed by atoms with Gasteiger partial charge in [-0.15, -0.1) is 0 Å². The average molecular weight is 240 g/mol. The number of rotatable bonds is 0. The maximum Gasteiger partial charge on any atom is 0.335 e. The van der Waals surface area contributed by atoms with Crippen molar-refractivity contribution in [2.45, 2.75) is 0 Å². The molecule has 1 aromatic carbocycles. The summed E-state index contributed by atoms with van der Waals surface area (Å²) in [6.45, 7) is 0. The molecule has 0 aliphatic carbocycles. The summed E-state index contributed by atoms with van der Waals surface area (Å²) in [5, 5.41) is 11.7. The molecule has 66 valence electrons. The van der Waals surface area contributed by atoms with Gasteiger partial charge in [-0.25, -0.2) is 4.79 Å². The first-order valence-electron chi connectivity index (χ1n) is 3.57. The van der Waals surface area contributed by atoms with Crippen LogP contribution >= 0.6 is 15.9 Å². The minimum absolute atomic E-state index is 0.312. The Morgan fingerprint density at radius 2 is 2.08 bits per heavy atom. The van der Waals surface area contributed by atoms with Crippen LogP contribution in [0.2, 0.25) is 0 Å². The molecule has 2 rings (SSSR count). The van der Waals surface area contributed by atoms with E-state index in [0.29, 0.717) is 11.0 Å². The van der Waals surface area contributed by atoms with E-state index in [4.69, 9.17) is 4.42 Å². The Hall–Kier alpha value is -1.29. The highest BCUT2D eigenvalue weighted by Crippen LogP contribution is 2.23. The van der Waals surface area contributed by atoms with Crippen molar-refractivity contribution in [3.8, 4) is 5.75 Å². The van der Waals surface area contributed by atoms with Crippen LogP contribution in [-0.2, 0) is 0 Å². The third kappa shape index (κ3) is 1.45. The third-order valence-corrected chi connectivity index (χ3v) is 2.16. The summed E-state index contributed by atoms with van der Waals surface area (Å²) in [7, 11) is 0. The van der Waals surface area contributed by atoms with Crippen LogP contribution in [0.4, 0.5) is 0 Å². The fraction of sp³-hybridized carbons (Fsp3) is 0. The summed E-state index contributed by atoms with van der Waals surface area (Å²) in [5.41, 5.74) is -0.291. The van der Waals surface area contributed by atoms with E-state index in [1.807, 2.05) is 0 Å². The molecule has 2 aromatic rings. The predicted octanol–water partition coefficient (Wildman–Crippen LogP) is 1.63. The molecule has 0 aliphatic rings. The molecule has 4 heteroatoms. The van der Waals surface area contributed by atoms with E-state index < -0.39 is 5.63 Å². The fourth-order valence-electron chi connectivity index (χ4n) is 1.11. The van der Waals surface area contributed by atoms with Crippen LogP contribution in [0.15, 0.2) is 37.9 Å². The van der Waals surface area contributed by atoms with E-state index in [2.05, 4.69) is 15.9 Å². The standard InChI is InChI=1S/C9H5BrO3/c10-5-1-2-8-6(3-5)7(11)4-9(12)13-8/h1-4,11H/p-1. The maximum atomic E-state index is 11.3. The topological polar surface area (TPSA) is 53.3 Å². The average Bonchev–Trinajstić information content (AvgIpc) is 2.06. The largest absolute Gasteiger partial charge is 0.872 e. The molecule has 0 bridgehead atoms. The van der Waals surface area contributed by atoms with Crippen LogP contribution in [0.3, 0.4) is 0 Å². The molecule has 0 N–H and O–H groups in total. The third-order valence-electron chi connectivity index (χ3n) is 1.67. The maximum absolute atomic E-state index is 11.3. The van der Waals surface area contributed by atoms with Crippen molar-refractivity contribution in [2.75, 3.05) is 0 Å². The Morgan fingerprint density at radius 3 is 2.85 bits per heavy atom. The van der Waals surface area contributed by atoms with Crippen molar-refractivity contribution in [3.05, 3.63) is 39.2 Å². The second-order valence-corrected chi connectivity index (χ2v) is 3.49. The Kier molecular flexibility index (Phi) is 1.84. The van der Waals surface area contributed by atoms with Crippen LogP contribution < -0.4 is 10.7 Å². The van der Waals surface area contributed by atoms with Crippen LogP contribution in [0.25, 0.3) is 11.0 Å². The van der Waals surface area contributed by atoms with Gasteiger partial charge < -0.3 is 9.52 Å². The molecular weight excluding hydrogens is 236 g/mol. The molecule has 0 aliphatic heterocycles. The lowest BCUT2D eigenvalue weighted by atomic mass is 10.2. The van der Waals surface area contributed by atoms with Crippen molar-refractivity contribution in [1.29, 1.82) is 0 Å². The molecule has 0 amide bonds. The van der Waals surface area contributed by atoms with Gasteiger partial charge in [0.05, 0.1) is 0 Å². The number of halogens is 1. The van der Waals surface area contributed by atoms with E-state index in [-0.39, 0.29) is 5.75 Å². The van der Waals surface area contributed by atoms with Gasteiger partial charge in [0.1, 0.15) is 5.58 Å². The van der Waals surface area contributed by atoms with E-state index in [9.17, 15) is 9.90 Å². The van der Waals surface area contributed by atoms with Gasteiger partial charge in [0.2, 0.25) is 0 Å². The molecule has 0 fully saturated rings. The molecular formula is C9H4BrO3-. The zero-order valence-corrected chi connectivity index (χ0v) is 8.00. The van der Waals surface area contributed by atoms with Gasteiger partial charge in [-0.05, 0) is 18.2 Å². The highest BCUT2D eigenvalue weighted by Gasteiger charge is 1.98. The highest BCUT2D eigenvalue weighted by molar-refractivity contribution is 9.10. The zero-order valence-electron chi connectivity index (χ0n) is 6.41. The Balaban J connectivity index is 2.95. The molecule has 0 atom stereocenters. The van der Waals surface area contributed by atoms with Gasteiger partial charge >= 0.3 is 5.63 Å². The van der Waals surface area contributed by atoms with Crippen LogP contribution in [-0.4, -0.2) is 0 Å². The molecule has 0 saturated heterocycles. The Labute approximate surface area is 81.7 Å². The van der Waals surface area contributed by atoms with Gasteiger partial charge in [0.25, 0.3) is 0 Å². The SMILES string of the molecule is O=c1cc([O-])c2cc(Br)ccc2o1. The first-order valence-corrected chi connectivity index (χ1v) is 4.36. The quantitative estimate of drug-likeness (QED) is 0.657. The predicted molar refractivity (Wildman–Crippen MR) is 49.6 cm³/mol. The van der Waals surface area contributed by atoms with Crippen molar-refractivity contribution >= 4 is 26.9 Å². The summed E-state index contributed by atoms with van der Waals surface area (Å²) in [6.07, 6.45) is 0. The van der Waals surface area contributed by atoms with Crippen LogP contribution in [0.5, 0.6) is 5.75 Å². The Bertz CT molecular complexity index is 516. The minimum Gasteiger partial charge on any atom is -0.872 e. The van der Waals surface area contributed by atoms with Gasteiger partial charge in [-0.1, -0.05) is 21.7 Å². The number of benzene rings is 1. The molecule has 3 nitrogen and oxygen atoms in total. The highest BCUT2D eigenvalue weighted by atomic mass is 79.9. The van der Waals surface area contributed by atoms with Crippen LogP contribution in [0.1, 0.15) is 0 Å². The molecule has 0 unspecified atom stereocenters. The molecule has 1 heterocycles. The lowest BCUT2D eigenvalue weighted by Crippen LogP contribution is -2.01. The van der Waals surface area contributed by atoms with Gasteiger partial charge in [-0.2, -0.15) is 0 Å². The van der Waals surface area contributed by atoms with Gasteiger partial charge in [0, 0.05) is 15.9 Å². The van der Waals surface area contributed by atoms with Crippen LogP contribution in [0, 0.1) is 0 Å². The van der Waals surface area contributed by atoms with Crippen molar-refractivity contribution in [1.82, 2.24) is 0 Å². The van der Waals surface area contributed by atoms with E-state index in [1.54, 1.807) is 18.2 Å². The summed E-state index contributed by atoms with van der Waals surface area (Å²) in [6, 6.07) is 5.86. The van der Waals surface area contributed by atoms with Crippen molar-refractivity contribution in [3.63, 3.8) is 0 Å². The minimum atomic E-state index is -0.611. The second-order valence-electron chi connectivity index (χ2n) is 2.57. The molecule has 0 radical (unpaired) electrons. The lowest BCUT2D eigenvalue weighted by Gasteiger charge is -2.07. The number of hydrogen-bond donors (Lipinski definition) is 0. The van der Waals surface area contributed by atoms with E-state index in [0.717, 1.165) is 10.5 Å². The first kappa shape index (κ1) is 8.31. The summed E-state index contributed by atoms with van der Waals surface area (Å²) in [5.74, 6) is -0.312. The summed E-state index contributed by atoms with van der Waals surface area (Å²) in [4.78, 5) is 10.8.